The van der Waals surface area contributed by atoms with Gasteiger partial charge in [0.2, 0.25) is 0 Å². The number of likely N-dealkylation sites (tertiary alicyclic amines) is 1. The minimum atomic E-state index is -0.484. The Morgan fingerprint density at radius 1 is 1.00 bits per heavy atom. The minimum absolute atomic E-state index is 0.139. The molecule has 3 heterocycles. The predicted octanol–water partition coefficient (Wildman–Crippen LogP) is 4.10. The summed E-state index contributed by atoms with van der Waals surface area (Å²) in [4.78, 5) is 29.2. The van der Waals surface area contributed by atoms with E-state index in [2.05, 4.69) is 22.3 Å². The second-order valence-corrected chi connectivity index (χ2v) is 12.0. The first kappa shape index (κ1) is 27.6. The molecule has 10 heteroatoms. The number of urea groups is 1. The SMILES string of the molecule is CNC(=O)N1N=C(c2ccc(N3CC4(CN(C(=O)OC(C)(C)C)C4)C3)cc2)c2cc(OC)c(OC)cc2C[C@@H]1C. The van der Waals surface area contributed by atoms with E-state index in [4.69, 9.17) is 19.3 Å². The van der Waals surface area contributed by atoms with Gasteiger partial charge in [0.05, 0.1) is 26.0 Å². The van der Waals surface area contributed by atoms with Crippen LogP contribution in [0.25, 0.3) is 0 Å². The average Bonchev–Trinajstić information content (AvgIpc) is 3.00. The molecule has 5 rings (SSSR count). The zero-order valence-electron chi connectivity index (χ0n) is 24.4. The smallest absolute Gasteiger partial charge is 0.410 e. The molecule has 2 saturated heterocycles. The molecular formula is C30H39N5O5. The summed E-state index contributed by atoms with van der Waals surface area (Å²) < 4.78 is 16.6. The molecule has 3 amide bonds. The van der Waals surface area contributed by atoms with Gasteiger partial charge in [-0.05, 0) is 63.9 Å². The molecule has 2 aromatic rings. The highest BCUT2D eigenvalue weighted by Crippen LogP contribution is 2.42. The minimum Gasteiger partial charge on any atom is -0.493 e. The maximum Gasteiger partial charge on any atom is 0.410 e. The zero-order chi connectivity index (χ0) is 28.8. The summed E-state index contributed by atoms with van der Waals surface area (Å²) in [5, 5.41) is 9.07. The van der Waals surface area contributed by atoms with Gasteiger partial charge in [-0.1, -0.05) is 12.1 Å². The fraction of sp³-hybridized carbons (Fsp3) is 0.500. The van der Waals surface area contributed by atoms with E-state index in [1.807, 2.05) is 52.0 Å². The van der Waals surface area contributed by atoms with Crippen LogP contribution in [0.3, 0.4) is 0 Å². The van der Waals surface area contributed by atoms with Gasteiger partial charge in [0.1, 0.15) is 5.60 Å². The van der Waals surface area contributed by atoms with E-state index in [9.17, 15) is 9.59 Å². The Labute approximate surface area is 235 Å². The molecule has 0 unspecified atom stereocenters. The first-order chi connectivity index (χ1) is 19.0. The van der Waals surface area contributed by atoms with Crippen molar-refractivity contribution in [3.05, 3.63) is 53.1 Å². The molecule has 1 N–H and O–H groups in total. The molecule has 3 aliphatic heterocycles. The van der Waals surface area contributed by atoms with E-state index in [-0.39, 0.29) is 23.6 Å². The van der Waals surface area contributed by atoms with Crippen molar-refractivity contribution in [1.29, 1.82) is 0 Å². The van der Waals surface area contributed by atoms with Crippen molar-refractivity contribution in [1.82, 2.24) is 15.2 Å². The summed E-state index contributed by atoms with van der Waals surface area (Å²) in [6.45, 7) is 10.9. The lowest BCUT2D eigenvalue weighted by Crippen LogP contribution is -2.73. The van der Waals surface area contributed by atoms with Crippen LogP contribution >= 0.6 is 0 Å². The molecule has 0 radical (unpaired) electrons. The lowest BCUT2D eigenvalue weighted by Gasteiger charge is -2.60. The molecule has 0 aliphatic carbocycles. The number of anilines is 1. The van der Waals surface area contributed by atoms with E-state index in [0.29, 0.717) is 23.6 Å². The third kappa shape index (κ3) is 5.14. The van der Waals surface area contributed by atoms with Gasteiger partial charge in [-0.2, -0.15) is 5.10 Å². The Morgan fingerprint density at radius 2 is 1.62 bits per heavy atom. The number of amides is 3. The summed E-state index contributed by atoms with van der Waals surface area (Å²) in [6.07, 6.45) is 0.379. The maximum atomic E-state index is 12.7. The number of carbonyl (C=O) groups excluding carboxylic acids is 2. The number of hydrogen-bond donors (Lipinski definition) is 1. The molecule has 0 saturated carbocycles. The van der Waals surface area contributed by atoms with Crippen LogP contribution < -0.4 is 19.7 Å². The van der Waals surface area contributed by atoms with E-state index in [1.165, 1.54) is 5.01 Å². The van der Waals surface area contributed by atoms with Crippen molar-refractivity contribution in [3.8, 4) is 11.5 Å². The molecule has 0 aromatic heterocycles. The molecule has 2 aromatic carbocycles. The summed E-state index contributed by atoms with van der Waals surface area (Å²) >= 11 is 0. The molecule has 214 valence electrons. The number of hydrazone groups is 1. The van der Waals surface area contributed by atoms with Crippen LogP contribution in [0.2, 0.25) is 0 Å². The van der Waals surface area contributed by atoms with Crippen molar-refractivity contribution in [3.63, 3.8) is 0 Å². The third-order valence-electron chi connectivity index (χ3n) is 7.69. The highest BCUT2D eigenvalue weighted by atomic mass is 16.6. The Balaban J connectivity index is 1.36. The summed E-state index contributed by atoms with van der Waals surface area (Å²) in [6, 6.07) is 11.8. The van der Waals surface area contributed by atoms with E-state index in [1.54, 1.807) is 26.2 Å². The van der Waals surface area contributed by atoms with Gasteiger partial charge in [0.15, 0.2) is 11.5 Å². The molecule has 40 heavy (non-hydrogen) atoms. The van der Waals surface area contributed by atoms with Crippen LogP contribution in [0, 0.1) is 5.41 Å². The van der Waals surface area contributed by atoms with Crippen LogP contribution in [0.15, 0.2) is 41.5 Å². The van der Waals surface area contributed by atoms with Crippen LogP contribution in [0.5, 0.6) is 11.5 Å². The molecule has 2 fully saturated rings. The highest BCUT2D eigenvalue weighted by Gasteiger charge is 2.54. The third-order valence-corrected chi connectivity index (χ3v) is 7.69. The van der Waals surface area contributed by atoms with Gasteiger partial charge >= 0.3 is 12.1 Å². The number of benzene rings is 2. The molecular weight excluding hydrogens is 510 g/mol. The molecule has 3 aliphatic rings. The van der Waals surface area contributed by atoms with E-state index in [0.717, 1.165) is 48.6 Å². The van der Waals surface area contributed by atoms with Gasteiger partial charge in [0, 0.05) is 55.5 Å². The number of methoxy groups -OCH3 is 2. The number of fused-ring (bicyclic) bond motifs is 1. The van der Waals surface area contributed by atoms with E-state index < -0.39 is 5.60 Å². The number of nitrogens with zero attached hydrogens (tertiary/aromatic N) is 4. The second kappa shape index (κ2) is 10.2. The Bertz CT molecular complexity index is 1320. The maximum absolute atomic E-state index is 12.7. The van der Waals surface area contributed by atoms with Gasteiger partial charge in [-0.3, -0.25) is 0 Å². The number of rotatable bonds is 4. The fourth-order valence-corrected chi connectivity index (χ4v) is 5.74. The monoisotopic (exact) mass is 549 g/mol. The van der Waals surface area contributed by atoms with Gasteiger partial charge in [-0.25, -0.2) is 14.6 Å². The largest absolute Gasteiger partial charge is 0.493 e. The van der Waals surface area contributed by atoms with E-state index >= 15 is 0 Å². The number of ether oxygens (including phenoxy) is 3. The number of nitrogens with one attached hydrogen (secondary N) is 1. The quantitative estimate of drug-likeness (QED) is 0.617. The lowest BCUT2D eigenvalue weighted by atomic mass is 9.73. The Hall–Kier alpha value is -3.95. The molecule has 10 nitrogen and oxygen atoms in total. The zero-order valence-corrected chi connectivity index (χ0v) is 24.4. The highest BCUT2D eigenvalue weighted by molar-refractivity contribution is 6.14. The van der Waals surface area contributed by atoms with Crippen LogP contribution in [-0.2, 0) is 11.2 Å². The summed E-state index contributed by atoms with van der Waals surface area (Å²) in [5.74, 6) is 1.25. The normalized spacial score (nSPS) is 19.5. The van der Waals surface area contributed by atoms with Crippen LogP contribution in [-0.4, -0.2) is 86.8 Å². The molecule has 1 spiro atoms. The van der Waals surface area contributed by atoms with Gasteiger partial charge in [0.25, 0.3) is 0 Å². The topological polar surface area (TPSA) is 95.9 Å². The average molecular weight is 550 g/mol. The van der Waals surface area contributed by atoms with Gasteiger partial charge in [-0.15, -0.1) is 0 Å². The van der Waals surface area contributed by atoms with Crippen LogP contribution in [0.1, 0.15) is 44.4 Å². The van der Waals surface area contributed by atoms with Gasteiger partial charge < -0.3 is 29.3 Å². The number of carbonyl (C=O) groups is 2. The fourth-order valence-electron chi connectivity index (χ4n) is 5.74. The van der Waals surface area contributed by atoms with Crippen molar-refractivity contribution in [2.45, 2.75) is 45.8 Å². The standard InChI is InChI=1S/C30H39N5O5/c1-19-12-21-13-24(38-6)25(39-7)14-23(21)26(32-35(19)27(36)31-5)20-8-10-22(11-9-20)33-15-30(16-33)17-34(18-30)28(37)40-29(2,3)4/h8-11,13-14,19H,12,15-18H2,1-7H3,(H,31,36)/t19-/m0/s1. The lowest BCUT2D eigenvalue weighted by molar-refractivity contribution is -0.0453. The van der Waals surface area contributed by atoms with Crippen molar-refractivity contribution < 1.29 is 23.8 Å². The van der Waals surface area contributed by atoms with Crippen molar-refractivity contribution >= 4 is 23.5 Å². The Morgan fingerprint density at radius 3 is 2.20 bits per heavy atom. The molecule has 0 bridgehead atoms. The first-order valence-electron chi connectivity index (χ1n) is 13.6. The number of hydrogen-bond acceptors (Lipinski definition) is 7. The summed E-state index contributed by atoms with van der Waals surface area (Å²) in [7, 11) is 4.84. The van der Waals surface area contributed by atoms with Crippen molar-refractivity contribution in [2.24, 2.45) is 10.5 Å². The summed E-state index contributed by atoms with van der Waals surface area (Å²) in [5.41, 5.74) is 4.30. The Kier molecular flexibility index (Phi) is 7.06. The first-order valence-corrected chi connectivity index (χ1v) is 13.6. The van der Waals surface area contributed by atoms with Crippen molar-refractivity contribution in [2.75, 3.05) is 52.3 Å². The second-order valence-electron chi connectivity index (χ2n) is 12.0. The van der Waals surface area contributed by atoms with Crippen LogP contribution in [0.4, 0.5) is 15.3 Å². The predicted molar refractivity (Wildman–Crippen MR) is 154 cm³/mol. The molecule has 1 atom stereocenters.